The second kappa shape index (κ2) is 2.44. The van der Waals surface area contributed by atoms with Gasteiger partial charge in [-0.15, -0.1) is 0 Å². The Kier molecular flexibility index (Phi) is 1.48. The maximum Gasteiger partial charge on any atom is 0.0973 e. The van der Waals surface area contributed by atoms with E-state index in [0.29, 0.717) is 0 Å². The molecule has 3 heteroatoms. The molecule has 12 heavy (non-hydrogen) atoms. The summed E-state index contributed by atoms with van der Waals surface area (Å²) in [6.07, 6.45) is 1.35. The highest BCUT2D eigenvalue weighted by molar-refractivity contribution is 5.05. The summed E-state index contributed by atoms with van der Waals surface area (Å²) >= 11 is 0. The number of piperidine rings is 1. The van der Waals surface area contributed by atoms with Crippen molar-refractivity contribution in [3.63, 3.8) is 0 Å². The maximum absolute atomic E-state index is 5.96. The van der Waals surface area contributed by atoms with Gasteiger partial charge >= 0.3 is 0 Å². The van der Waals surface area contributed by atoms with Crippen LogP contribution in [0.5, 0.6) is 0 Å². The number of nitrogens with zero attached hydrogens (tertiary/aromatic N) is 1. The fourth-order valence-electron chi connectivity index (χ4n) is 2.95. The third kappa shape index (κ3) is 0.873. The van der Waals surface area contributed by atoms with Crippen LogP contribution in [0.4, 0.5) is 0 Å². The molecule has 3 fully saturated rings. The molecule has 0 aromatic heterocycles. The van der Waals surface area contributed by atoms with Gasteiger partial charge in [-0.2, -0.15) is 0 Å². The Labute approximate surface area is 73.1 Å². The highest BCUT2D eigenvalue weighted by atomic mass is 16.5. The van der Waals surface area contributed by atoms with E-state index in [0.717, 1.165) is 25.6 Å². The molecule has 0 radical (unpaired) electrons. The summed E-state index contributed by atoms with van der Waals surface area (Å²) in [6.45, 7) is 6.77. The Morgan fingerprint density at radius 2 is 2.50 bits per heavy atom. The zero-order valence-corrected chi connectivity index (χ0v) is 7.38. The highest BCUT2D eigenvalue weighted by Crippen LogP contribution is 2.39. The van der Waals surface area contributed by atoms with Gasteiger partial charge in [-0.1, -0.05) is 0 Å². The summed E-state index contributed by atoms with van der Waals surface area (Å²) in [4.78, 5) is 2.54. The Morgan fingerprint density at radius 1 is 1.50 bits per heavy atom. The highest BCUT2D eigenvalue weighted by Gasteiger charge is 2.51. The summed E-state index contributed by atoms with van der Waals surface area (Å²) in [7, 11) is 0. The number of morpholine rings is 1. The van der Waals surface area contributed by atoms with Gasteiger partial charge in [0.15, 0.2) is 0 Å². The molecule has 68 valence electrons. The molecule has 1 N–H and O–H groups in total. The van der Waals surface area contributed by atoms with Crippen LogP contribution in [0.15, 0.2) is 0 Å². The van der Waals surface area contributed by atoms with E-state index in [9.17, 15) is 0 Å². The van der Waals surface area contributed by atoms with Crippen LogP contribution in [0.2, 0.25) is 0 Å². The van der Waals surface area contributed by atoms with Crippen molar-refractivity contribution in [1.82, 2.24) is 10.2 Å². The van der Waals surface area contributed by atoms with Gasteiger partial charge < -0.3 is 15.0 Å². The van der Waals surface area contributed by atoms with E-state index in [1.54, 1.807) is 0 Å². The molecule has 3 aliphatic rings. The average molecular weight is 168 g/mol. The minimum absolute atomic E-state index is 0.205. The monoisotopic (exact) mass is 168 g/mol. The van der Waals surface area contributed by atoms with Gasteiger partial charge in [-0.3, -0.25) is 0 Å². The third-order valence-corrected chi connectivity index (χ3v) is 3.60. The van der Waals surface area contributed by atoms with E-state index in [4.69, 9.17) is 4.74 Å². The molecule has 1 spiro atoms. The number of nitrogens with one attached hydrogen (secondary N) is 1. The number of hydrogen-bond donors (Lipinski definition) is 1. The van der Waals surface area contributed by atoms with E-state index in [-0.39, 0.29) is 5.60 Å². The zero-order chi connectivity index (χ0) is 8.02. The Balaban J connectivity index is 1.81. The minimum atomic E-state index is 0.205. The van der Waals surface area contributed by atoms with Gasteiger partial charge in [0.05, 0.1) is 12.2 Å². The van der Waals surface area contributed by atoms with Gasteiger partial charge in [0.2, 0.25) is 0 Å². The summed E-state index contributed by atoms with van der Waals surface area (Å²) < 4.78 is 5.96. The summed E-state index contributed by atoms with van der Waals surface area (Å²) in [5.74, 6) is 0.810. The Hall–Kier alpha value is -0.120. The molecule has 3 rings (SSSR count). The molecule has 1 unspecified atom stereocenters. The Morgan fingerprint density at radius 3 is 3.08 bits per heavy atom. The molecule has 3 atom stereocenters. The van der Waals surface area contributed by atoms with E-state index in [1.807, 2.05) is 0 Å². The van der Waals surface area contributed by atoms with Crippen molar-refractivity contribution in [2.45, 2.75) is 12.0 Å². The van der Waals surface area contributed by atoms with Gasteiger partial charge in [-0.25, -0.2) is 0 Å². The van der Waals surface area contributed by atoms with Crippen molar-refractivity contribution in [2.75, 3.05) is 39.3 Å². The minimum Gasteiger partial charge on any atom is -0.371 e. The van der Waals surface area contributed by atoms with Crippen molar-refractivity contribution < 1.29 is 4.74 Å². The standard InChI is InChI=1S/C9H16N2O/c1-3-11-5-8(1)9(7-11)6-10-2-4-12-9/h8,10H,1-7H2/t8-,9-/m0/s1. The van der Waals surface area contributed by atoms with Crippen LogP contribution in [0.25, 0.3) is 0 Å². The molecular formula is C9H16N2O. The maximum atomic E-state index is 5.96. The second-order valence-corrected chi connectivity index (χ2v) is 4.31. The first-order chi connectivity index (χ1) is 5.89. The lowest BCUT2D eigenvalue weighted by Gasteiger charge is -2.40. The quantitative estimate of drug-likeness (QED) is 0.536. The summed E-state index contributed by atoms with van der Waals surface area (Å²) in [6, 6.07) is 0. The largest absolute Gasteiger partial charge is 0.371 e. The molecule has 0 amide bonds. The van der Waals surface area contributed by atoms with Crippen molar-refractivity contribution in [2.24, 2.45) is 5.92 Å². The first kappa shape index (κ1) is 7.30. The van der Waals surface area contributed by atoms with Crippen LogP contribution in [-0.2, 0) is 4.74 Å². The van der Waals surface area contributed by atoms with Crippen molar-refractivity contribution in [1.29, 1.82) is 0 Å². The molecule has 0 aromatic carbocycles. The van der Waals surface area contributed by atoms with E-state index in [1.165, 1.54) is 26.1 Å². The average Bonchev–Trinajstić information content (AvgIpc) is 2.65. The SMILES string of the molecule is C1CO[C@@]2(CN1)CN1CC[C@H]2C1. The number of ether oxygens (including phenoxy) is 1. The molecular weight excluding hydrogens is 152 g/mol. The van der Waals surface area contributed by atoms with Gasteiger partial charge in [-0.05, 0) is 13.0 Å². The van der Waals surface area contributed by atoms with Crippen LogP contribution in [0.1, 0.15) is 6.42 Å². The molecule has 3 nitrogen and oxygen atoms in total. The van der Waals surface area contributed by atoms with Crippen molar-refractivity contribution >= 4 is 0 Å². The van der Waals surface area contributed by atoms with E-state index >= 15 is 0 Å². The number of rotatable bonds is 0. The van der Waals surface area contributed by atoms with Crippen LogP contribution >= 0.6 is 0 Å². The molecule has 0 aromatic rings. The second-order valence-electron chi connectivity index (χ2n) is 4.31. The number of fused-ring (bicyclic) bond motifs is 3. The normalized spacial score (nSPS) is 52.0. The summed E-state index contributed by atoms with van der Waals surface area (Å²) in [5.41, 5.74) is 0.205. The fraction of sp³-hybridized carbons (Fsp3) is 1.00. The lowest BCUT2D eigenvalue weighted by Crippen LogP contribution is -2.56. The van der Waals surface area contributed by atoms with Gasteiger partial charge in [0.25, 0.3) is 0 Å². The molecule has 0 saturated carbocycles. The van der Waals surface area contributed by atoms with Crippen LogP contribution in [0, 0.1) is 5.92 Å². The lowest BCUT2D eigenvalue weighted by molar-refractivity contribution is -0.0931. The van der Waals surface area contributed by atoms with Crippen LogP contribution in [0.3, 0.4) is 0 Å². The van der Waals surface area contributed by atoms with Crippen LogP contribution < -0.4 is 5.32 Å². The summed E-state index contributed by atoms with van der Waals surface area (Å²) in [5, 5.41) is 3.45. The fourth-order valence-corrected chi connectivity index (χ4v) is 2.95. The molecule has 3 aliphatic heterocycles. The first-order valence-corrected chi connectivity index (χ1v) is 4.96. The molecule has 2 bridgehead atoms. The van der Waals surface area contributed by atoms with Gasteiger partial charge in [0, 0.05) is 32.1 Å². The smallest absolute Gasteiger partial charge is 0.0973 e. The van der Waals surface area contributed by atoms with Gasteiger partial charge in [0.1, 0.15) is 0 Å². The Bertz CT molecular complexity index is 189. The topological polar surface area (TPSA) is 24.5 Å². The van der Waals surface area contributed by atoms with Crippen molar-refractivity contribution in [3.05, 3.63) is 0 Å². The lowest BCUT2D eigenvalue weighted by atomic mass is 9.86. The van der Waals surface area contributed by atoms with E-state index < -0.39 is 0 Å². The predicted molar refractivity (Wildman–Crippen MR) is 46.1 cm³/mol. The predicted octanol–water partition coefficient (Wildman–Crippen LogP) is -0.319. The number of hydrogen-bond acceptors (Lipinski definition) is 3. The molecule has 3 heterocycles. The molecule has 0 aliphatic carbocycles. The molecule has 3 saturated heterocycles. The third-order valence-electron chi connectivity index (χ3n) is 3.60. The first-order valence-electron chi connectivity index (χ1n) is 4.96. The zero-order valence-electron chi connectivity index (χ0n) is 7.38. The van der Waals surface area contributed by atoms with Crippen molar-refractivity contribution in [3.8, 4) is 0 Å². The van der Waals surface area contributed by atoms with E-state index in [2.05, 4.69) is 10.2 Å². The van der Waals surface area contributed by atoms with Crippen LogP contribution in [-0.4, -0.2) is 49.8 Å².